The van der Waals surface area contributed by atoms with E-state index in [0.717, 1.165) is 0 Å². The molecule has 0 aliphatic heterocycles. The lowest BCUT2D eigenvalue weighted by atomic mass is 10.2. The number of hydrogen-bond acceptors (Lipinski definition) is 4. The highest BCUT2D eigenvalue weighted by molar-refractivity contribution is 5.98. The van der Waals surface area contributed by atoms with Crippen LogP contribution in [0.25, 0.3) is 0 Å². The van der Waals surface area contributed by atoms with Crippen LogP contribution in [0.15, 0.2) is 48.5 Å². The predicted molar refractivity (Wildman–Crippen MR) is 89.7 cm³/mol. The van der Waals surface area contributed by atoms with Crippen molar-refractivity contribution in [2.24, 2.45) is 0 Å². The van der Waals surface area contributed by atoms with Crippen LogP contribution in [0.4, 0.5) is 4.39 Å². The van der Waals surface area contributed by atoms with E-state index in [-0.39, 0.29) is 0 Å². The average Bonchev–Trinajstić information content (AvgIpc) is 2.62. The summed E-state index contributed by atoms with van der Waals surface area (Å²) in [5.74, 6) is -0.688. The molecule has 2 amide bonds. The highest BCUT2D eigenvalue weighted by atomic mass is 19.1. The van der Waals surface area contributed by atoms with E-state index >= 15 is 0 Å². The molecule has 2 rings (SSSR count). The van der Waals surface area contributed by atoms with Crippen LogP contribution in [0.3, 0.4) is 0 Å². The normalized spacial score (nSPS) is 11.3. The van der Waals surface area contributed by atoms with Crippen molar-refractivity contribution in [2.45, 2.75) is 20.0 Å². The van der Waals surface area contributed by atoms with Gasteiger partial charge in [-0.3, -0.25) is 20.4 Å². The lowest BCUT2D eigenvalue weighted by Gasteiger charge is -2.16. The van der Waals surface area contributed by atoms with E-state index in [4.69, 9.17) is 9.47 Å². The second kappa shape index (κ2) is 8.68. The molecule has 0 saturated carbocycles. The summed E-state index contributed by atoms with van der Waals surface area (Å²) < 4.78 is 23.6. The summed E-state index contributed by atoms with van der Waals surface area (Å²) in [4.78, 5) is 24.2. The van der Waals surface area contributed by atoms with Gasteiger partial charge in [-0.2, -0.15) is 0 Å². The average molecular weight is 346 g/mol. The number of amides is 2. The van der Waals surface area contributed by atoms with Gasteiger partial charge in [0.15, 0.2) is 6.10 Å². The van der Waals surface area contributed by atoms with Gasteiger partial charge in [-0.05, 0) is 50.2 Å². The summed E-state index contributed by atoms with van der Waals surface area (Å²) in [6, 6.07) is 12.0. The lowest BCUT2D eigenvalue weighted by molar-refractivity contribution is -0.128. The quantitative estimate of drug-likeness (QED) is 0.788. The number of benzene rings is 2. The minimum absolute atomic E-state index is 0.303. The molecular weight excluding hydrogens is 327 g/mol. The number of hydrogen-bond donors (Lipinski definition) is 2. The minimum atomic E-state index is -0.882. The number of carbonyl (C=O) groups is 2. The first-order valence-electron chi connectivity index (χ1n) is 7.75. The van der Waals surface area contributed by atoms with Crippen molar-refractivity contribution in [1.82, 2.24) is 10.9 Å². The van der Waals surface area contributed by atoms with Crippen LogP contribution in [0.1, 0.15) is 24.2 Å². The maximum atomic E-state index is 12.8. The van der Waals surface area contributed by atoms with Gasteiger partial charge >= 0.3 is 0 Å². The molecule has 2 aromatic rings. The van der Waals surface area contributed by atoms with Gasteiger partial charge in [0.25, 0.3) is 11.8 Å². The molecule has 2 aromatic carbocycles. The predicted octanol–water partition coefficient (Wildman–Crippen LogP) is 2.45. The molecule has 0 radical (unpaired) electrons. The first kappa shape index (κ1) is 18.3. The first-order valence-corrected chi connectivity index (χ1v) is 7.75. The standard InChI is InChI=1S/C18H19FN2O4/c1-3-24-16-7-5-4-6-15(16)18(23)21-20-17(22)12(2)25-14-10-8-13(19)9-11-14/h4-12H,3H2,1-2H3,(H,20,22)(H,21,23)/t12-/m0/s1. The number of halogens is 1. The molecule has 0 unspecified atom stereocenters. The van der Waals surface area contributed by atoms with E-state index in [0.29, 0.717) is 23.7 Å². The second-order valence-electron chi connectivity index (χ2n) is 5.09. The summed E-state index contributed by atoms with van der Waals surface area (Å²) in [7, 11) is 0. The van der Waals surface area contributed by atoms with Crippen molar-refractivity contribution >= 4 is 11.8 Å². The third-order valence-corrected chi connectivity index (χ3v) is 3.23. The Morgan fingerprint density at radius 2 is 1.76 bits per heavy atom. The molecule has 0 aliphatic rings. The Kier molecular flexibility index (Phi) is 6.33. The van der Waals surface area contributed by atoms with Crippen LogP contribution in [0, 0.1) is 5.82 Å². The van der Waals surface area contributed by atoms with E-state index in [1.807, 2.05) is 6.92 Å². The summed E-state index contributed by atoms with van der Waals surface area (Å²) in [6.07, 6.45) is -0.882. The Morgan fingerprint density at radius 3 is 2.44 bits per heavy atom. The SMILES string of the molecule is CCOc1ccccc1C(=O)NNC(=O)[C@H](C)Oc1ccc(F)cc1. The largest absolute Gasteiger partial charge is 0.493 e. The molecule has 0 bridgehead atoms. The highest BCUT2D eigenvalue weighted by Crippen LogP contribution is 2.17. The van der Waals surface area contributed by atoms with Crippen LogP contribution in [-0.2, 0) is 4.79 Å². The molecule has 0 aromatic heterocycles. The first-order chi connectivity index (χ1) is 12.0. The Hall–Kier alpha value is -3.09. The number of para-hydroxylation sites is 1. The minimum Gasteiger partial charge on any atom is -0.493 e. The van der Waals surface area contributed by atoms with Crippen LogP contribution in [-0.4, -0.2) is 24.5 Å². The van der Waals surface area contributed by atoms with Gasteiger partial charge in [-0.1, -0.05) is 12.1 Å². The van der Waals surface area contributed by atoms with E-state index in [1.165, 1.54) is 31.2 Å². The molecular formula is C18H19FN2O4. The van der Waals surface area contributed by atoms with Gasteiger partial charge in [0, 0.05) is 0 Å². The van der Waals surface area contributed by atoms with Gasteiger partial charge in [-0.25, -0.2) is 4.39 Å². The zero-order valence-electron chi connectivity index (χ0n) is 13.9. The van der Waals surface area contributed by atoms with E-state index in [9.17, 15) is 14.0 Å². The molecule has 0 saturated heterocycles. The monoisotopic (exact) mass is 346 g/mol. The van der Waals surface area contributed by atoms with E-state index in [1.54, 1.807) is 24.3 Å². The molecule has 0 heterocycles. The summed E-state index contributed by atoms with van der Waals surface area (Å²) >= 11 is 0. The van der Waals surface area contributed by atoms with E-state index in [2.05, 4.69) is 10.9 Å². The van der Waals surface area contributed by atoms with Gasteiger partial charge in [0.1, 0.15) is 17.3 Å². The van der Waals surface area contributed by atoms with Crippen molar-refractivity contribution in [2.75, 3.05) is 6.61 Å². The van der Waals surface area contributed by atoms with Gasteiger partial charge in [0.05, 0.1) is 12.2 Å². The van der Waals surface area contributed by atoms with Crippen LogP contribution >= 0.6 is 0 Å². The Balaban J connectivity index is 1.90. The van der Waals surface area contributed by atoms with Gasteiger partial charge in [-0.15, -0.1) is 0 Å². The molecule has 0 spiro atoms. The van der Waals surface area contributed by atoms with Crippen LogP contribution in [0.5, 0.6) is 11.5 Å². The van der Waals surface area contributed by atoms with Crippen LogP contribution < -0.4 is 20.3 Å². The highest BCUT2D eigenvalue weighted by Gasteiger charge is 2.17. The Morgan fingerprint density at radius 1 is 1.08 bits per heavy atom. The van der Waals surface area contributed by atoms with Gasteiger partial charge < -0.3 is 9.47 Å². The van der Waals surface area contributed by atoms with Crippen molar-refractivity contribution in [3.8, 4) is 11.5 Å². The summed E-state index contributed by atoms with van der Waals surface area (Å²) in [5.41, 5.74) is 4.91. The number of carbonyl (C=O) groups excluding carboxylic acids is 2. The Labute approximate surface area is 144 Å². The smallest absolute Gasteiger partial charge is 0.279 e. The van der Waals surface area contributed by atoms with Crippen molar-refractivity contribution in [1.29, 1.82) is 0 Å². The third-order valence-electron chi connectivity index (χ3n) is 3.23. The molecule has 25 heavy (non-hydrogen) atoms. The topological polar surface area (TPSA) is 76.7 Å². The summed E-state index contributed by atoms with van der Waals surface area (Å²) in [6.45, 7) is 3.74. The fraction of sp³-hybridized carbons (Fsp3) is 0.222. The molecule has 2 N–H and O–H groups in total. The molecule has 1 atom stereocenters. The Bertz CT molecular complexity index is 734. The maximum Gasteiger partial charge on any atom is 0.279 e. The molecule has 6 nitrogen and oxygen atoms in total. The van der Waals surface area contributed by atoms with Crippen molar-refractivity contribution in [3.05, 3.63) is 59.9 Å². The summed E-state index contributed by atoms with van der Waals surface area (Å²) in [5, 5.41) is 0. The van der Waals surface area contributed by atoms with Crippen molar-refractivity contribution < 1.29 is 23.5 Å². The maximum absolute atomic E-state index is 12.8. The zero-order valence-corrected chi connectivity index (χ0v) is 13.9. The lowest BCUT2D eigenvalue weighted by Crippen LogP contribution is -2.47. The molecule has 132 valence electrons. The fourth-order valence-electron chi connectivity index (χ4n) is 1.99. The van der Waals surface area contributed by atoms with Crippen LogP contribution in [0.2, 0.25) is 0 Å². The number of ether oxygens (including phenoxy) is 2. The zero-order chi connectivity index (χ0) is 18.2. The van der Waals surface area contributed by atoms with E-state index < -0.39 is 23.7 Å². The third kappa shape index (κ3) is 5.20. The second-order valence-corrected chi connectivity index (χ2v) is 5.09. The fourth-order valence-corrected chi connectivity index (χ4v) is 1.99. The van der Waals surface area contributed by atoms with Crippen molar-refractivity contribution in [3.63, 3.8) is 0 Å². The molecule has 0 fully saturated rings. The number of hydrazine groups is 1. The van der Waals surface area contributed by atoms with Gasteiger partial charge in [0.2, 0.25) is 0 Å². The molecule has 0 aliphatic carbocycles. The molecule has 7 heteroatoms. The number of rotatable bonds is 6. The number of nitrogens with one attached hydrogen (secondary N) is 2.